The van der Waals surface area contributed by atoms with E-state index >= 15 is 0 Å². The molecule has 0 fully saturated rings. The van der Waals surface area contributed by atoms with Crippen LogP contribution in [0.25, 0.3) is 0 Å². The minimum absolute atomic E-state index is 0.160. The molecule has 0 saturated carbocycles. The summed E-state index contributed by atoms with van der Waals surface area (Å²) in [6.07, 6.45) is 0.936. The summed E-state index contributed by atoms with van der Waals surface area (Å²) in [6.45, 7) is 7.25. The van der Waals surface area contributed by atoms with Crippen LogP contribution in [-0.2, 0) is 14.8 Å². The molecule has 2 aromatic carbocycles. The highest BCUT2D eigenvalue weighted by molar-refractivity contribution is 7.92. The second kappa shape index (κ2) is 9.71. The predicted molar refractivity (Wildman–Crippen MR) is 116 cm³/mol. The molecule has 2 aromatic rings. The monoisotopic (exact) mass is 433 g/mol. The van der Waals surface area contributed by atoms with Crippen LogP contribution < -0.4 is 9.62 Å². The van der Waals surface area contributed by atoms with E-state index in [4.69, 9.17) is 0 Å². The van der Waals surface area contributed by atoms with Crippen molar-refractivity contribution in [3.63, 3.8) is 0 Å². The summed E-state index contributed by atoms with van der Waals surface area (Å²) in [5, 5.41) is 13.8. The Hall–Kier alpha value is -2.94. The van der Waals surface area contributed by atoms with E-state index in [-0.39, 0.29) is 16.6 Å². The zero-order valence-electron chi connectivity index (χ0n) is 17.5. The molecular formula is C21H27N3O5S. The molecule has 0 aromatic heterocycles. The third kappa shape index (κ3) is 5.56. The summed E-state index contributed by atoms with van der Waals surface area (Å²) in [5.41, 5.74) is 1.03. The van der Waals surface area contributed by atoms with E-state index in [0.717, 1.165) is 22.4 Å². The first-order valence-electron chi connectivity index (χ1n) is 9.72. The summed E-state index contributed by atoms with van der Waals surface area (Å²) in [4.78, 5) is 22.6. The quantitative estimate of drug-likeness (QED) is 0.477. The van der Waals surface area contributed by atoms with Gasteiger partial charge in [-0.25, -0.2) is 8.42 Å². The van der Waals surface area contributed by atoms with Gasteiger partial charge in [0, 0.05) is 18.2 Å². The van der Waals surface area contributed by atoms with Crippen molar-refractivity contribution in [3.8, 4) is 0 Å². The molecule has 1 atom stereocenters. The van der Waals surface area contributed by atoms with Crippen molar-refractivity contribution in [2.24, 2.45) is 0 Å². The lowest BCUT2D eigenvalue weighted by molar-refractivity contribution is -0.385. The first-order valence-corrected chi connectivity index (χ1v) is 11.2. The first-order chi connectivity index (χ1) is 14.1. The average molecular weight is 434 g/mol. The fraction of sp³-hybridized carbons (Fsp3) is 0.381. The number of nitrogens with zero attached hydrogens (tertiary/aromatic N) is 2. The lowest BCUT2D eigenvalue weighted by atomic mass is 9.99. The molecule has 2 rings (SSSR count). The van der Waals surface area contributed by atoms with Crippen LogP contribution in [0.5, 0.6) is 0 Å². The zero-order valence-corrected chi connectivity index (χ0v) is 18.3. The third-order valence-electron chi connectivity index (χ3n) is 4.72. The predicted octanol–water partition coefficient (Wildman–Crippen LogP) is 3.83. The van der Waals surface area contributed by atoms with E-state index in [0.29, 0.717) is 11.6 Å². The highest BCUT2D eigenvalue weighted by atomic mass is 32.2. The third-order valence-corrected chi connectivity index (χ3v) is 6.49. The van der Waals surface area contributed by atoms with Gasteiger partial charge in [0.05, 0.1) is 15.5 Å². The van der Waals surface area contributed by atoms with Crippen molar-refractivity contribution < 1.29 is 18.1 Å². The Kier molecular flexibility index (Phi) is 7.55. The van der Waals surface area contributed by atoms with Gasteiger partial charge >= 0.3 is 0 Å². The number of rotatable bonds is 9. The molecule has 30 heavy (non-hydrogen) atoms. The maximum atomic E-state index is 13.3. The molecule has 162 valence electrons. The Morgan fingerprint density at radius 3 is 2.30 bits per heavy atom. The van der Waals surface area contributed by atoms with Crippen molar-refractivity contribution >= 4 is 27.3 Å². The Morgan fingerprint density at radius 1 is 1.13 bits per heavy atom. The highest BCUT2D eigenvalue weighted by Crippen LogP contribution is 2.28. The molecule has 0 aliphatic carbocycles. The van der Waals surface area contributed by atoms with Crippen LogP contribution in [0.15, 0.2) is 53.4 Å². The van der Waals surface area contributed by atoms with Gasteiger partial charge in [-0.3, -0.25) is 19.2 Å². The van der Waals surface area contributed by atoms with Gasteiger partial charge in [-0.05, 0) is 49.9 Å². The number of hydrogen-bond donors (Lipinski definition) is 1. The number of hydrogen-bond acceptors (Lipinski definition) is 5. The molecule has 0 saturated heterocycles. The molecule has 0 aliphatic rings. The fourth-order valence-electron chi connectivity index (χ4n) is 2.90. The van der Waals surface area contributed by atoms with Crippen molar-refractivity contribution in [3.05, 3.63) is 64.2 Å². The second-order valence-electron chi connectivity index (χ2n) is 7.39. The van der Waals surface area contributed by atoms with Gasteiger partial charge in [0.25, 0.3) is 15.7 Å². The number of benzene rings is 2. The zero-order chi connectivity index (χ0) is 22.5. The molecule has 0 heterocycles. The topological polar surface area (TPSA) is 110 Å². The standard InChI is InChI=1S/C21H27N3O5S/c1-5-16(4)17-9-11-18(12-10-17)23(14-21(25)22-15(2)3)30(28,29)20-8-6-7-19(13-20)24(26)27/h6-13,15-16H,5,14H2,1-4H3,(H,22,25). The van der Waals surface area contributed by atoms with Crippen LogP contribution in [0.4, 0.5) is 11.4 Å². The van der Waals surface area contributed by atoms with Crippen LogP contribution in [0, 0.1) is 10.1 Å². The molecule has 1 amide bonds. The van der Waals surface area contributed by atoms with Crippen molar-refractivity contribution in [2.75, 3.05) is 10.8 Å². The van der Waals surface area contributed by atoms with Gasteiger partial charge in [0.1, 0.15) is 6.54 Å². The Labute approximate surface area is 177 Å². The van der Waals surface area contributed by atoms with E-state index < -0.39 is 27.4 Å². The SMILES string of the molecule is CCC(C)c1ccc(N(CC(=O)NC(C)C)S(=O)(=O)c2cccc([N+](=O)[O-])c2)cc1. The largest absolute Gasteiger partial charge is 0.352 e. The Morgan fingerprint density at radius 2 is 1.77 bits per heavy atom. The smallest absolute Gasteiger partial charge is 0.270 e. The van der Waals surface area contributed by atoms with Crippen molar-refractivity contribution in [2.45, 2.75) is 51.0 Å². The summed E-state index contributed by atoms with van der Waals surface area (Å²) in [6, 6.07) is 11.6. The molecule has 1 N–H and O–H groups in total. The number of nitrogens with one attached hydrogen (secondary N) is 1. The number of carbonyl (C=O) groups is 1. The molecule has 0 radical (unpaired) electrons. The van der Waals surface area contributed by atoms with Gasteiger partial charge < -0.3 is 5.32 Å². The van der Waals surface area contributed by atoms with Crippen LogP contribution in [0.1, 0.15) is 45.6 Å². The molecule has 0 aliphatic heterocycles. The molecule has 1 unspecified atom stereocenters. The van der Waals surface area contributed by atoms with Gasteiger partial charge in [0.15, 0.2) is 0 Å². The number of amides is 1. The summed E-state index contributed by atoms with van der Waals surface area (Å²) in [7, 11) is -4.21. The average Bonchev–Trinajstić information content (AvgIpc) is 2.71. The van der Waals surface area contributed by atoms with Gasteiger partial charge in [0.2, 0.25) is 5.91 Å². The lowest BCUT2D eigenvalue weighted by Crippen LogP contribution is -2.42. The van der Waals surface area contributed by atoms with Crippen LogP contribution >= 0.6 is 0 Å². The van der Waals surface area contributed by atoms with Gasteiger partial charge in [-0.15, -0.1) is 0 Å². The molecule has 0 bridgehead atoms. The lowest BCUT2D eigenvalue weighted by Gasteiger charge is -2.25. The normalized spacial score (nSPS) is 12.4. The number of sulfonamides is 1. The maximum absolute atomic E-state index is 13.3. The van der Waals surface area contributed by atoms with Crippen LogP contribution in [-0.4, -0.2) is 31.8 Å². The van der Waals surface area contributed by atoms with Crippen molar-refractivity contribution in [1.82, 2.24) is 5.32 Å². The number of anilines is 1. The minimum Gasteiger partial charge on any atom is -0.352 e. The van der Waals surface area contributed by atoms with E-state index in [1.54, 1.807) is 26.0 Å². The van der Waals surface area contributed by atoms with Crippen LogP contribution in [0.2, 0.25) is 0 Å². The van der Waals surface area contributed by atoms with Gasteiger partial charge in [-0.2, -0.15) is 0 Å². The van der Waals surface area contributed by atoms with Crippen LogP contribution in [0.3, 0.4) is 0 Å². The van der Waals surface area contributed by atoms with E-state index in [2.05, 4.69) is 19.2 Å². The molecular weight excluding hydrogens is 406 g/mol. The number of nitro benzene ring substituents is 1. The fourth-order valence-corrected chi connectivity index (χ4v) is 4.36. The molecule has 9 heteroatoms. The summed E-state index contributed by atoms with van der Waals surface area (Å²) < 4.78 is 27.6. The van der Waals surface area contributed by atoms with Crippen molar-refractivity contribution in [1.29, 1.82) is 0 Å². The summed E-state index contributed by atoms with van der Waals surface area (Å²) in [5.74, 6) is -0.157. The summed E-state index contributed by atoms with van der Waals surface area (Å²) >= 11 is 0. The van der Waals surface area contributed by atoms with E-state index in [9.17, 15) is 23.3 Å². The number of carbonyl (C=O) groups excluding carboxylic acids is 1. The molecule has 0 spiro atoms. The first kappa shape index (κ1) is 23.3. The number of non-ortho nitro benzene ring substituents is 1. The Balaban J connectivity index is 2.50. The minimum atomic E-state index is -4.21. The molecule has 8 nitrogen and oxygen atoms in total. The maximum Gasteiger partial charge on any atom is 0.270 e. The number of nitro groups is 1. The second-order valence-corrected chi connectivity index (χ2v) is 9.25. The van der Waals surface area contributed by atoms with Gasteiger partial charge in [-0.1, -0.05) is 32.0 Å². The Bertz CT molecular complexity index is 1000. The highest BCUT2D eigenvalue weighted by Gasteiger charge is 2.28. The van der Waals surface area contributed by atoms with E-state index in [1.165, 1.54) is 18.2 Å². The van der Waals surface area contributed by atoms with E-state index in [1.807, 2.05) is 12.1 Å².